The van der Waals surface area contributed by atoms with Gasteiger partial charge in [-0.15, -0.1) is 0 Å². The molecule has 3 heterocycles. The van der Waals surface area contributed by atoms with Gasteiger partial charge in [-0.3, -0.25) is 14.7 Å². The van der Waals surface area contributed by atoms with Gasteiger partial charge in [0.25, 0.3) is 0 Å². The number of aromatic nitrogens is 3. The number of imidazole rings is 1. The highest BCUT2D eigenvalue weighted by Gasteiger charge is 2.19. The second kappa shape index (κ2) is 11.5. The van der Waals surface area contributed by atoms with Gasteiger partial charge in [0, 0.05) is 54.6 Å². The number of likely N-dealkylation sites (N-methyl/N-ethyl adjacent to an activating group) is 1. The standard InChI is InChI=1S/C31H35FN6O/c1-20(2)31-35-29(30(36-31)27-7-5-6-21(3)33-27)23-10-13-26(32)25(18-23)22-8-11-24(12-9-22)34-28(39)19-38-16-14-37(4)15-17-38/h5-13,18,20H,14-17,19H2,1-4H3,(H,34,39)(H,35,36). The topological polar surface area (TPSA) is 77.2 Å². The molecule has 4 aromatic rings. The summed E-state index contributed by atoms with van der Waals surface area (Å²) in [5.74, 6) is 0.685. The number of piperazine rings is 1. The van der Waals surface area contributed by atoms with Crippen LogP contribution >= 0.6 is 0 Å². The molecular formula is C31H35FN6O. The average molecular weight is 527 g/mol. The number of rotatable bonds is 7. The smallest absolute Gasteiger partial charge is 0.238 e. The second-order valence-electron chi connectivity index (χ2n) is 10.6. The number of amides is 1. The number of nitrogens with one attached hydrogen (secondary N) is 2. The lowest BCUT2D eigenvalue weighted by molar-refractivity contribution is -0.117. The maximum Gasteiger partial charge on any atom is 0.238 e. The molecule has 2 aromatic carbocycles. The molecule has 1 aliphatic rings. The van der Waals surface area contributed by atoms with Crippen molar-refractivity contribution in [3.05, 3.63) is 78.0 Å². The third-order valence-corrected chi connectivity index (χ3v) is 7.10. The Labute approximate surface area is 229 Å². The van der Waals surface area contributed by atoms with E-state index in [-0.39, 0.29) is 17.6 Å². The van der Waals surface area contributed by atoms with Gasteiger partial charge in [0.2, 0.25) is 5.91 Å². The lowest BCUT2D eigenvalue weighted by Gasteiger charge is -2.31. The first-order valence-electron chi connectivity index (χ1n) is 13.4. The Bertz CT molecular complexity index is 1450. The fourth-order valence-electron chi connectivity index (χ4n) is 4.78. The van der Waals surface area contributed by atoms with Gasteiger partial charge in [-0.1, -0.05) is 32.0 Å². The van der Waals surface area contributed by atoms with Crippen LogP contribution in [0.3, 0.4) is 0 Å². The molecule has 1 amide bonds. The fourth-order valence-corrected chi connectivity index (χ4v) is 4.78. The molecule has 0 spiro atoms. The molecule has 2 aromatic heterocycles. The number of anilines is 1. The predicted molar refractivity (Wildman–Crippen MR) is 154 cm³/mol. The number of hydrogen-bond donors (Lipinski definition) is 2. The Morgan fingerprint density at radius 2 is 1.72 bits per heavy atom. The molecule has 202 valence electrons. The van der Waals surface area contributed by atoms with Crippen molar-refractivity contribution < 1.29 is 9.18 Å². The van der Waals surface area contributed by atoms with Crippen LogP contribution in [-0.4, -0.2) is 70.4 Å². The molecule has 0 aliphatic carbocycles. The summed E-state index contributed by atoms with van der Waals surface area (Å²) in [6, 6.07) is 18.2. The van der Waals surface area contributed by atoms with E-state index < -0.39 is 0 Å². The first-order chi connectivity index (χ1) is 18.8. The number of benzene rings is 2. The Kier molecular flexibility index (Phi) is 7.86. The summed E-state index contributed by atoms with van der Waals surface area (Å²) in [5.41, 5.74) is 5.96. The van der Waals surface area contributed by atoms with Crippen LogP contribution in [0.25, 0.3) is 33.8 Å². The largest absolute Gasteiger partial charge is 0.340 e. The van der Waals surface area contributed by atoms with E-state index in [9.17, 15) is 4.79 Å². The van der Waals surface area contributed by atoms with Gasteiger partial charge in [-0.2, -0.15) is 0 Å². The molecule has 7 nitrogen and oxygen atoms in total. The first-order valence-corrected chi connectivity index (χ1v) is 13.4. The number of carbonyl (C=O) groups excluding carboxylic acids is 1. The summed E-state index contributed by atoms with van der Waals surface area (Å²) in [4.78, 5) is 30.0. The van der Waals surface area contributed by atoms with Crippen LogP contribution in [0.4, 0.5) is 10.1 Å². The van der Waals surface area contributed by atoms with E-state index in [1.165, 1.54) is 6.07 Å². The van der Waals surface area contributed by atoms with Crippen molar-refractivity contribution in [2.24, 2.45) is 0 Å². The van der Waals surface area contributed by atoms with E-state index in [1.807, 2.05) is 55.5 Å². The zero-order chi connectivity index (χ0) is 27.5. The van der Waals surface area contributed by atoms with Gasteiger partial charge in [0.1, 0.15) is 11.6 Å². The maximum atomic E-state index is 15.1. The highest BCUT2D eigenvalue weighted by molar-refractivity contribution is 5.92. The van der Waals surface area contributed by atoms with Crippen LogP contribution in [-0.2, 0) is 4.79 Å². The van der Waals surface area contributed by atoms with Gasteiger partial charge in [-0.05, 0) is 62.0 Å². The normalized spacial score (nSPS) is 14.6. The molecule has 1 saturated heterocycles. The molecular weight excluding hydrogens is 491 g/mol. The molecule has 1 fully saturated rings. The highest BCUT2D eigenvalue weighted by Crippen LogP contribution is 2.34. The third kappa shape index (κ3) is 6.24. The molecule has 2 N–H and O–H groups in total. The monoisotopic (exact) mass is 526 g/mol. The van der Waals surface area contributed by atoms with Gasteiger partial charge in [0.15, 0.2) is 0 Å². The van der Waals surface area contributed by atoms with Gasteiger partial charge < -0.3 is 15.2 Å². The molecule has 0 saturated carbocycles. The molecule has 5 rings (SSSR count). The quantitative estimate of drug-likeness (QED) is 0.330. The Hall–Kier alpha value is -3.88. The summed E-state index contributed by atoms with van der Waals surface area (Å²) >= 11 is 0. The molecule has 39 heavy (non-hydrogen) atoms. The van der Waals surface area contributed by atoms with E-state index in [2.05, 4.69) is 46.0 Å². The number of carbonyl (C=O) groups is 1. The SMILES string of the molecule is Cc1cccc(-c2[nH]c(C(C)C)nc2-c2ccc(F)c(-c3ccc(NC(=O)CN4CCN(C)CC4)cc3)c2)n1. The summed E-state index contributed by atoms with van der Waals surface area (Å²) in [6.07, 6.45) is 0. The molecule has 0 atom stereocenters. The van der Waals surface area contributed by atoms with Crippen LogP contribution in [0, 0.1) is 12.7 Å². The molecule has 0 radical (unpaired) electrons. The Balaban J connectivity index is 1.38. The number of halogens is 1. The van der Waals surface area contributed by atoms with E-state index >= 15 is 4.39 Å². The second-order valence-corrected chi connectivity index (χ2v) is 10.6. The van der Waals surface area contributed by atoms with Crippen molar-refractivity contribution in [2.75, 3.05) is 45.1 Å². The van der Waals surface area contributed by atoms with E-state index in [0.717, 1.165) is 65.9 Å². The number of pyridine rings is 1. The fraction of sp³-hybridized carbons (Fsp3) is 0.323. The molecule has 8 heteroatoms. The van der Waals surface area contributed by atoms with Crippen LogP contribution < -0.4 is 5.32 Å². The van der Waals surface area contributed by atoms with Crippen molar-refractivity contribution in [3.63, 3.8) is 0 Å². The van der Waals surface area contributed by atoms with Crippen LogP contribution in [0.2, 0.25) is 0 Å². The highest BCUT2D eigenvalue weighted by atomic mass is 19.1. The average Bonchev–Trinajstić information content (AvgIpc) is 3.37. The van der Waals surface area contributed by atoms with Crippen molar-refractivity contribution in [1.29, 1.82) is 0 Å². The predicted octanol–water partition coefficient (Wildman–Crippen LogP) is 5.56. The zero-order valence-electron chi connectivity index (χ0n) is 23.0. The van der Waals surface area contributed by atoms with Gasteiger partial charge in [0.05, 0.1) is 23.6 Å². The minimum Gasteiger partial charge on any atom is -0.340 e. The minimum atomic E-state index is -0.319. The van der Waals surface area contributed by atoms with Crippen LogP contribution in [0.15, 0.2) is 60.7 Å². The van der Waals surface area contributed by atoms with Crippen molar-refractivity contribution >= 4 is 11.6 Å². The molecule has 0 unspecified atom stereocenters. The number of hydrogen-bond acceptors (Lipinski definition) is 5. The summed E-state index contributed by atoms with van der Waals surface area (Å²) in [5, 5.41) is 2.97. The summed E-state index contributed by atoms with van der Waals surface area (Å²) in [7, 11) is 2.09. The van der Waals surface area contributed by atoms with E-state index in [1.54, 1.807) is 6.07 Å². The third-order valence-electron chi connectivity index (χ3n) is 7.10. The number of aromatic amines is 1. The minimum absolute atomic E-state index is 0.0442. The van der Waals surface area contributed by atoms with Crippen LogP contribution in [0.5, 0.6) is 0 Å². The van der Waals surface area contributed by atoms with Gasteiger partial charge in [-0.25, -0.2) is 9.37 Å². The van der Waals surface area contributed by atoms with E-state index in [4.69, 9.17) is 4.98 Å². The van der Waals surface area contributed by atoms with Crippen molar-refractivity contribution in [2.45, 2.75) is 26.7 Å². The zero-order valence-corrected chi connectivity index (χ0v) is 23.0. The first kappa shape index (κ1) is 26.7. The number of H-pyrrole nitrogens is 1. The summed E-state index contributed by atoms with van der Waals surface area (Å²) < 4.78 is 15.1. The summed E-state index contributed by atoms with van der Waals surface area (Å²) in [6.45, 7) is 10.2. The van der Waals surface area contributed by atoms with Crippen molar-refractivity contribution in [1.82, 2.24) is 24.8 Å². The Morgan fingerprint density at radius 1 is 1.00 bits per heavy atom. The molecule has 0 bridgehead atoms. The van der Waals surface area contributed by atoms with Gasteiger partial charge >= 0.3 is 0 Å². The van der Waals surface area contributed by atoms with Crippen molar-refractivity contribution in [3.8, 4) is 33.8 Å². The molecule has 1 aliphatic heterocycles. The number of aryl methyl sites for hydroxylation is 1. The lowest BCUT2D eigenvalue weighted by atomic mass is 9.99. The van der Waals surface area contributed by atoms with Crippen LogP contribution in [0.1, 0.15) is 31.3 Å². The lowest BCUT2D eigenvalue weighted by Crippen LogP contribution is -2.47. The number of nitrogens with zero attached hydrogens (tertiary/aromatic N) is 4. The maximum absolute atomic E-state index is 15.1. The Morgan fingerprint density at radius 3 is 2.41 bits per heavy atom. The van der Waals surface area contributed by atoms with E-state index in [0.29, 0.717) is 17.8 Å².